The summed E-state index contributed by atoms with van der Waals surface area (Å²) in [6, 6.07) is 10.7. The summed E-state index contributed by atoms with van der Waals surface area (Å²) in [5.41, 5.74) is -0.854. The second-order valence-electron chi connectivity index (χ2n) is 6.33. The van der Waals surface area contributed by atoms with E-state index < -0.39 is 11.5 Å². The largest absolute Gasteiger partial charge is 0.479 e. The van der Waals surface area contributed by atoms with Crippen molar-refractivity contribution in [2.45, 2.75) is 24.9 Å². The van der Waals surface area contributed by atoms with Crippen molar-refractivity contribution < 1.29 is 9.90 Å². The Morgan fingerprint density at radius 1 is 1.29 bits per heavy atom. The zero-order valence-electron chi connectivity index (χ0n) is 13.3. The summed E-state index contributed by atoms with van der Waals surface area (Å²) < 4.78 is 3.06. The van der Waals surface area contributed by atoms with E-state index in [1.54, 1.807) is 23.3 Å². The Balaban J connectivity index is 1.48. The minimum Gasteiger partial charge on any atom is -0.479 e. The van der Waals surface area contributed by atoms with Gasteiger partial charge in [-0.05, 0) is 30.4 Å². The maximum Gasteiger partial charge on any atom is 0.330 e. The number of aromatic nitrogens is 2. The summed E-state index contributed by atoms with van der Waals surface area (Å²) in [5.74, 6) is -0.762. The summed E-state index contributed by atoms with van der Waals surface area (Å²) in [6.07, 6.45) is 6.23. The van der Waals surface area contributed by atoms with E-state index in [9.17, 15) is 9.90 Å². The fourth-order valence-corrected chi connectivity index (χ4v) is 4.62. The first-order valence-corrected chi connectivity index (χ1v) is 8.91. The molecule has 1 aromatic carbocycles. The number of benzene rings is 1. The van der Waals surface area contributed by atoms with Gasteiger partial charge in [0.15, 0.2) is 0 Å². The van der Waals surface area contributed by atoms with Gasteiger partial charge in [0.05, 0.1) is 6.33 Å². The van der Waals surface area contributed by atoms with Gasteiger partial charge in [-0.2, -0.15) is 0 Å². The van der Waals surface area contributed by atoms with Crippen LogP contribution in [0.5, 0.6) is 0 Å². The van der Waals surface area contributed by atoms with Crippen LogP contribution in [0.4, 0.5) is 0 Å². The van der Waals surface area contributed by atoms with Crippen LogP contribution in [0, 0.1) is 0 Å². The molecule has 0 amide bonds. The Kier molecular flexibility index (Phi) is 3.86. The van der Waals surface area contributed by atoms with Gasteiger partial charge >= 0.3 is 5.97 Å². The van der Waals surface area contributed by atoms with Gasteiger partial charge in [0.2, 0.25) is 0 Å². The predicted molar refractivity (Wildman–Crippen MR) is 94.2 cm³/mol. The van der Waals surface area contributed by atoms with E-state index in [0.29, 0.717) is 12.8 Å². The molecule has 0 radical (unpaired) electrons. The van der Waals surface area contributed by atoms with Crippen LogP contribution in [0.3, 0.4) is 0 Å². The molecule has 0 saturated carbocycles. The lowest BCUT2D eigenvalue weighted by atomic mass is 9.87. The van der Waals surface area contributed by atoms with Crippen molar-refractivity contribution in [3.05, 3.63) is 53.9 Å². The average molecular weight is 341 g/mol. The first kappa shape index (κ1) is 15.4. The standard InChI is InChI=1S/C18H19N3O2S/c22-17(23)18(21-10-7-19-13-21)5-8-20(9-6-18)12-15-11-14-3-1-2-4-16(14)24-15/h1-4,7,10-11,13H,5-6,8-9,12H2,(H,22,23). The van der Waals surface area contributed by atoms with Crippen LogP contribution < -0.4 is 0 Å². The Labute approximate surface area is 144 Å². The van der Waals surface area contributed by atoms with Crippen molar-refractivity contribution in [3.8, 4) is 0 Å². The number of piperidine rings is 1. The molecule has 24 heavy (non-hydrogen) atoms. The molecule has 1 fully saturated rings. The number of thiophene rings is 1. The molecule has 0 bridgehead atoms. The molecule has 6 heteroatoms. The Hall–Kier alpha value is -2.18. The molecule has 1 N–H and O–H groups in total. The molecular formula is C18H19N3O2S. The molecular weight excluding hydrogens is 322 g/mol. The minimum absolute atomic E-state index is 0.601. The number of aliphatic carboxylic acids is 1. The van der Waals surface area contributed by atoms with Crippen LogP contribution >= 0.6 is 11.3 Å². The van der Waals surface area contributed by atoms with E-state index >= 15 is 0 Å². The lowest BCUT2D eigenvalue weighted by Crippen LogP contribution is -2.50. The highest BCUT2D eigenvalue weighted by Gasteiger charge is 2.43. The van der Waals surface area contributed by atoms with E-state index in [-0.39, 0.29) is 0 Å². The summed E-state index contributed by atoms with van der Waals surface area (Å²) in [7, 11) is 0. The van der Waals surface area contributed by atoms with Crippen LogP contribution in [0.15, 0.2) is 49.1 Å². The normalized spacial score (nSPS) is 18.0. The topological polar surface area (TPSA) is 58.4 Å². The number of fused-ring (bicyclic) bond motifs is 1. The van der Waals surface area contributed by atoms with Crippen LogP contribution in [0.1, 0.15) is 17.7 Å². The third-order valence-corrected chi connectivity index (χ3v) is 6.04. The number of likely N-dealkylation sites (tertiary alicyclic amines) is 1. The Bertz CT molecular complexity index is 815. The van der Waals surface area contributed by atoms with Crippen molar-refractivity contribution in [1.82, 2.24) is 14.5 Å². The van der Waals surface area contributed by atoms with Crippen molar-refractivity contribution in [2.75, 3.05) is 13.1 Å². The quantitative estimate of drug-likeness (QED) is 0.792. The lowest BCUT2D eigenvalue weighted by Gasteiger charge is -2.39. The van der Waals surface area contributed by atoms with Crippen molar-refractivity contribution in [2.24, 2.45) is 0 Å². The zero-order valence-corrected chi connectivity index (χ0v) is 14.1. The maximum absolute atomic E-state index is 11.9. The molecule has 0 aliphatic carbocycles. The zero-order chi connectivity index (χ0) is 16.6. The molecule has 124 valence electrons. The highest BCUT2D eigenvalue weighted by Crippen LogP contribution is 2.32. The number of imidazole rings is 1. The SMILES string of the molecule is O=C(O)C1(n2ccnc2)CCN(Cc2cc3ccccc3s2)CC1. The highest BCUT2D eigenvalue weighted by molar-refractivity contribution is 7.19. The molecule has 0 unspecified atom stereocenters. The molecule has 0 spiro atoms. The van der Waals surface area contributed by atoms with Crippen LogP contribution in [0.2, 0.25) is 0 Å². The molecule has 3 aromatic rings. The molecule has 4 rings (SSSR count). The fraction of sp³-hybridized carbons (Fsp3) is 0.333. The van der Waals surface area contributed by atoms with E-state index in [2.05, 4.69) is 40.2 Å². The number of hydrogen-bond donors (Lipinski definition) is 1. The van der Waals surface area contributed by atoms with Gasteiger partial charge in [-0.15, -0.1) is 11.3 Å². The number of carboxylic acids is 1. The number of rotatable bonds is 4. The van der Waals surface area contributed by atoms with E-state index in [1.807, 2.05) is 11.3 Å². The summed E-state index contributed by atoms with van der Waals surface area (Å²) in [4.78, 5) is 19.6. The third kappa shape index (κ3) is 2.61. The summed E-state index contributed by atoms with van der Waals surface area (Å²) in [6.45, 7) is 2.44. The van der Waals surface area contributed by atoms with Gasteiger partial charge < -0.3 is 9.67 Å². The van der Waals surface area contributed by atoms with E-state index in [4.69, 9.17) is 0 Å². The second-order valence-corrected chi connectivity index (χ2v) is 7.50. The highest BCUT2D eigenvalue weighted by atomic mass is 32.1. The number of hydrogen-bond acceptors (Lipinski definition) is 4. The number of nitrogens with zero attached hydrogens (tertiary/aromatic N) is 3. The summed E-state index contributed by atoms with van der Waals surface area (Å²) >= 11 is 1.82. The number of carboxylic acid groups (broad SMARTS) is 1. The molecule has 3 heterocycles. The van der Waals surface area contributed by atoms with Gasteiger partial charge in [-0.25, -0.2) is 9.78 Å². The average Bonchev–Trinajstić information content (AvgIpc) is 3.24. The van der Waals surface area contributed by atoms with Gasteiger partial charge in [-0.1, -0.05) is 18.2 Å². The number of carbonyl (C=O) groups is 1. The van der Waals surface area contributed by atoms with Crippen molar-refractivity contribution in [3.63, 3.8) is 0 Å². The monoisotopic (exact) mass is 341 g/mol. The van der Waals surface area contributed by atoms with Crippen molar-refractivity contribution >= 4 is 27.4 Å². The van der Waals surface area contributed by atoms with Crippen LogP contribution in [0.25, 0.3) is 10.1 Å². The molecule has 2 aromatic heterocycles. The molecule has 0 atom stereocenters. The Morgan fingerprint density at radius 2 is 2.08 bits per heavy atom. The third-order valence-electron chi connectivity index (χ3n) is 4.94. The first-order valence-electron chi connectivity index (χ1n) is 8.09. The lowest BCUT2D eigenvalue weighted by molar-refractivity contribution is -0.150. The van der Waals surface area contributed by atoms with Gasteiger partial charge in [0.25, 0.3) is 0 Å². The van der Waals surface area contributed by atoms with Gasteiger partial charge in [0.1, 0.15) is 5.54 Å². The summed E-state index contributed by atoms with van der Waals surface area (Å²) in [5, 5.41) is 11.1. The van der Waals surface area contributed by atoms with Gasteiger partial charge in [0, 0.05) is 41.6 Å². The van der Waals surface area contributed by atoms with E-state index in [0.717, 1.165) is 19.6 Å². The molecule has 5 nitrogen and oxygen atoms in total. The molecule has 1 aliphatic heterocycles. The second kappa shape index (κ2) is 6.03. The van der Waals surface area contributed by atoms with Crippen LogP contribution in [-0.2, 0) is 16.9 Å². The van der Waals surface area contributed by atoms with E-state index in [1.165, 1.54) is 15.0 Å². The maximum atomic E-state index is 11.9. The molecule has 1 aliphatic rings. The van der Waals surface area contributed by atoms with Crippen molar-refractivity contribution in [1.29, 1.82) is 0 Å². The minimum atomic E-state index is -0.854. The molecule has 1 saturated heterocycles. The smallest absolute Gasteiger partial charge is 0.330 e. The fourth-order valence-electron chi connectivity index (χ4n) is 3.51. The first-order chi connectivity index (χ1) is 11.7. The Morgan fingerprint density at radius 3 is 2.75 bits per heavy atom. The van der Waals surface area contributed by atoms with Gasteiger partial charge in [-0.3, -0.25) is 4.90 Å². The van der Waals surface area contributed by atoms with Crippen LogP contribution in [-0.4, -0.2) is 38.6 Å². The predicted octanol–water partition coefficient (Wildman–Crippen LogP) is 3.17.